The number of benzene rings is 1. The molecule has 0 aliphatic rings. The average molecular weight is 272 g/mol. The van der Waals surface area contributed by atoms with Crippen molar-refractivity contribution < 1.29 is 9.90 Å². The van der Waals surface area contributed by atoms with Crippen LogP contribution in [0.1, 0.15) is 24.2 Å². The molecule has 0 unspecified atom stereocenters. The highest BCUT2D eigenvalue weighted by atomic mass is 79.9. The molecule has 0 bridgehead atoms. The fraction of sp³-hybridized carbons (Fsp3) is 0.364. The Morgan fingerprint density at radius 3 is 2.40 bits per heavy atom. The van der Waals surface area contributed by atoms with E-state index in [1.165, 1.54) is 0 Å². The second-order valence-corrected chi connectivity index (χ2v) is 4.00. The normalized spacial score (nSPS) is 10.1. The van der Waals surface area contributed by atoms with Gasteiger partial charge in [-0.2, -0.15) is 0 Å². The number of halogens is 1. The van der Waals surface area contributed by atoms with E-state index in [9.17, 15) is 4.79 Å². The molecule has 0 saturated heterocycles. The van der Waals surface area contributed by atoms with E-state index in [1.807, 2.05) is 6.07 Å². The zero-order valence-corrected chi connectivity index (χ0v) is 10.4. The molecule has 0 spiro atoms. The molecule has 15 heavy (non-hydrogen) atoms. The number of carbonyl (C=O) groups is 1. The molecule has 3 nitrogen and oxygen atoms in total. The summed E-state index contributed by atoms with van der Waals surface area (Å²) in [4.78, 5) is 12.9. The van der Waals surface area contributed by atoms with Gasteiger partial charge in [-0.1, -0.05) is 0 Å². The number of hydrogen-bond acceptors (Lipinski definition) is 2. The molecule has 1 rings (SSSR count). The summed E-state index contributed by atoms with van der Waals surface area (Å²) in [6.45, 7) is 5.95. The van der Waals surface area contributed by atoms with Crippen LogP contribution in [0, 0.1) is 0 Å². The molecule has 1 aromatic rings. The fourth-order valence-corrected chi connectivity index (χ4v) is 2.09. The summed E-state index contributed by atoms with van der Waals surface area (Å²) in [6, 6.07) is 5.09. The van der Waals surface area contributed by atoms with Gasteiger partial charge in [0.1, 0.15) is 0 Å². The average Bonchev–Trinajstić information content (AvgIpc) is 2.21. The van der Waals surface area contributed by atoms with E-state index < -0.39 is 5.97 Å². The van der Waals surface area contributed by atoms with Crippen molar-refractivity contribution in [3.63, 3.8) is 0 Å². The molecule has 0 fully saturated rings. The van der Waals surface area contributed by atoms with Crippen LogP contribution < -0.4 is 4.90 Å². The largest absolute Gasteiger partial charge is 0.478 e. The number of anilines is 1. The van der Waals surface area contributed by atoms with Gasteiger partial charge in [0.25, 0.3) is 0 Å². The van der Waals surface area contributed by atoms with Gasteiger partial charge in [-0.25, -0.2) is 4.79 Å². The van der Waals surface area contributed by atoms with Gasteiger partial charge < -0.3 is 10.0 Å². The first-order chi connectivity index (χ1) is 7.10. The molecule has 0 saturated carbocycles. The molecular formula is C11H14BrNO2. The number of hydrogen-bond donors (Lipinski definition) is 1. The second-order valence-electron chi connectivity index (χ2n) is 3.14. The molecule has 1 N–H and O–H groups in total. The van der Waals surface area contributed by atoms with E-state index in [0.717, 1.165) is 23.2 Å². The molecular weight excluding hydrogens is 258 g/mol. The van der Waals surface area contributed by atoms with Crippen molar-refractivity contribution in [2.75, 3.05) is 18.0 Å². The molecule has 82 valence electrons. The third-order valence-electron chi connectivity index (χ3n) is 2.30. The molecule has 0 aromatic heterocycles. The van der Waals surface area contributed by atoms with Gasteiger partial charge in [0, 0.05) is 17.6 Å². The lowest BCUT2D eigenvalue weighted by Crippen LogP contribution is -2.22. The van der Waals surface area contributed by atoms with Crippen LogP contribution in [0.5, 0.6) is 0 Å². The summed E-state index contributed by atoms with van der Waals surface area (Å²) in [7, 11) is 0. The number of rotatable bonds is 4. The highest BCUT2D eigenvalue weighted by Gasteiger charge is 2.09. The summed E-state index contributed by atoms with van der Waals surface area (Å²) in [5.74, 6) is -0.901. The van der Waals surface area contributed by atoms with Gasteiger partial charge in [0.05, 0.1) is 11.3 Å². The van der Waals surface area contributed by atoms with Gasteiger partial charge in [0.15, 0.2) is 0 Å². The van der Waals surface area contributed by atoms with Crippen LogP contribution in [-0.4, -0.2) is 24.2 Å². The molecule has 4 heteroatoms. The molecule has 0 atom stereocenters. The van der Waals surface area contributed by atoms with Crippen molar-refractivity contribution in [1.82, 2.24) is 0 Å². The lowest BCUT2D eigenvalue weighted by molar-refractivity contribution is 0.0697. The van der Waals surface area contributed by atoms with Crippen LogP contribution in [0.2, 0.25) is 0 Å². The zero-order chi connectivity index (χ0) is 11.4. The Morgan fingerprint density at radius 1 is 1.40 bits per heavy atom. The van der Waals surface area contributed by atoms with Crippen LogP contribution in [0.3, 0.4) is 0 Å². The number of nitrogens with zero attached hydrogens (tertiary/aromatic N) is 1. The van der Waals surface area contributed by atoms with E-state index >= 15 is 0 Å². The molecule has 1 aromatic carbocycles. The Kier molecular flexibility index (Phi) is 4.15. The number of carboxylic acids is 1. The molecule has 0 radical (unpaired) electrons. The van der Waals surface area contributed by atoms with Gasteiger partial charge in [-0.3, -0.25) is 0 Å². The molecule has 0 heterocycles. The van der Waals surface area contributed by atoms with Crippen molar-refractivity contribution in [3.05, 3.63) is 28.2 Å². The zero-order valence-electron chi connectivity index (χ0n) is 8.83. The maximum absolute atomic E-state index is 10.7. The monoisotopic (exact) mass is 271 g/mol. The number of aromatic carboxylic acids is 1. The molecule has 0 aliphatic carbocycles. The van der Waals surface area contributed by atoms with Crippen LogP contribution in [0.25, 0.3) is 0 Å². The maximum atomic E-state index is 10.7. The highest BCUT2D eigenvalue weighted by Crippen LogP contribution is 2.27. The summed E-state index contributed by atoms with van der Waals surface area (Å²) < 4.78 is 0.825. The fourth-order valence-electron chi connectivity index (χ4n) is 1.46. The van der Waals surface area contributed by atoms with Crippen molar-refractivity contribution in [1.29, 1.82) is 0 Å². The van der Waals surface area contributed by atoms with Crippen molar-refractivity contribution >= 4 is 27.6 Å². The van der Waals surface area contributed by atoms with Crippen molar-refractivity contribution in [2.24, 2.45) is 0 Å². The van der Waals surface area contributed by atoms with E-state index in [2.05, 4.69) is 34.7 Å². The van der Waals surface area contributed by atoms with E-state index in [-0.39, 0.29) is 0 Å². The van der Waals surface area contributed by atoms with Gasteiger partial charge in [0.2, 0.25) is 0 Å². The van der Waals surface area contributed by atoms with Crippen molar-refractivity contribution in [3.8, 4) is 0 Å². The first-order valence-corrected chi connectivity index (χ1v) is 5.67. The third kappa shape index (κ3) is 2.72. The third-order valence-corrected chi connectivity index (χ3v) is 2.93. The van der Waals surface area contributed by atoms with Gasteiger partial charge in [-0.05, 0) is 48.0 Å². The topological polar surface area (TPSA) is 40.5 Å². The molecule has 0 amide bonds. The Morgan fingerprint density at radius 2 is 2.00 bits per heavy atom. The Labute approximate surface area is 97.8 Å². The highest BCUT2D eigenvalue weighted by molar-refractivity contribution is 9.10. The second kappa shape index (κ2) is 5.16. The van der Waals surface area contributed by atoms with Crippen molar-refractivity contribution in [2.45, 2.75) is 13.8 Å². The summed E-state index contributed by atoms with van der Waals surface area (Å²) in [6.07, 6.45) is 0. The Bertz CT molecular complexity index is 362. The number of carboxylic acid groups (broad SMARTS) is 1. The van der Waals surface area contributed by atoms with Crippen LogP contribution in [0.4, 0.5) is 5.69 Å². The Hall–Kier alpha value is -1.03. The molecule has 0 aliphatic heterocycles. The minimum Gasteiger partial charge on any atom is -0.478 e. The predicted octanol–water partition coefficient (Wildman–Crippen LogP) is 2.99. The lowest BCUT2D eigenvalue weighted by Gasteiger charge is -2.22. The predicted molar refractivity (Wildman–Crippen MR) is 64.7 cm³/mol. The van der Waals surface area contributed by atoms with Gasteiger partial charge in [-0.15, -0.1) is 0 Å². The van der Waals surface area contributed by atoms with Crippen LogP contribution in [0.15, 0.2) is 22.7 Å². The van der Waals surface area contributed by atoms with E-state index in [0.29, 0.717) is 5.56 Å². The minimum absolute atomic E-state index is 0.304. The quantitative estimate of drug-likeness (QED) is 0.916. The smallest absolute Gasteiger partial charge is 0.335 e. The summed E-state index contributed by atoms with van der Waals surface area (Å²) in [5, 5.41) is 8.82. The standard InChI is InChI=1S/C11H14BrNO2/c1-3-13(4-2)10-6-5-8(11(14)15)7-9(10)12/h5-7H,3-4H2,1-2H3,(H,14,15). The maximum Gasteiger partial charge on any atom is 0.335 e. The first-order valence-electron chi connectivity index (χ1n) is 4.88. The first kappa shape index (κ1) is 12.0. The van der Waals surface area contributed by atoms with Gasteiger partial charge >= 0.3 is 5.97 Å². The summed E-state index contributed by atoms with van der Waals surface area (Å²) >= 11 is 3.39. The minimum atomic E-state index is -0.901. The van der Waals surface area contributed by atoms with E-state index in [4.69, 9.17) is 5.11 Å². The summed E-state index contributed by atoms with van der Waals surface area (Å²) in [5.41, 5.74) is 1.34. The lowest BCUT2D eigenvalue weighted by atomic mass is 10.2. The van der Waals surface area contributed by atoms with Crippen LogP contribution in [-0.2, 0) is 0 Å². The SMILES string of the molecule is CCN(CC)c1ccc(C(=O)O)cc1Br. The Balaban J connectivity index is 3.07. The van der Waals surface area contributed by atoms with E-state index in [1.54, 1.807) is 12.1 Å². The van der Waals surface area contributed by atoms with Crippen LogP contribution >= 0.6 is 15.9 Å².